The van der Waals surface area contributed by atoms with Gasteiger partial charge >= 0.3 is 7.82 Å². The minimum Gasteiger partial charge on any atom is -0.387 e. The largest absolute Gasteiger partial charge is 0.472 e. The Kier molecular flexibility index (Phi) is 27.9. The van der Waals surface area contributed by atoms with Gasteiger partial charge in [-0.3, -0.25) is 13.8 Å². The number of amides is 1. The van der Waals surface area contributed by atoms with Gasteiger partial charge in [0.1, 0.15) is 6.10 Å². The van der Waals surface area contributed by atoms with Gasteiger partial charge in [-0.25, -0.2) is 4.57 Å². The molecule has 0 bridgehead atoms. The topological polar surface area (TPSA) is 151 Å². The van der Waals surface area contributed by atoms with Gasteiger partial charge in [0.05, 0.1) is 25.4 Å². The highest BCUT2D eigenvalue weighted by atomic mass is 31.2. The molecule has 0 aliphatic heterocycles. The number of nitrogens with two attached hydrogens (primary N) is 1. The fraction of sp³-hybridized carbons (Fsp3) is 0.912. The molecular formula is C34H69N2O7P. The summed E-state index contributed by atoms with van der Waals surface area (Å²) in [7, 11) is -4.40. The first-order chi connectivity index (χ1) is 21.0. The van der Waals surface area contributed by atoms with Crippen LogP contribution in [0.4, 0.5) is 0 Å². The zero-order chi connectivity index (χ0) is 33.1. The molecule has 0 aliphatic carbocycles. The number of carbonyl (C=O) groups is 1. The summed E-state index contributed by atoms with van der Waals surface area (Å²) in [5, 5.41) is 23.8. The number of phosphoric acid groups is 1. The Morgan fingerprint density at radius 2 is 1.20 bits per heavy atom. The zero-order valence-electron chi connectivity index (χ0n) is 28.6. The molecule has 0 saturated carbocycles. The Morgan fingerprint density at radius 3 is 1.68 bits per heavy atom. The van der Waals surface area contributed by atoms with Gasteiger partial charge in [-0.05, 0) is 31.1 Å². The fourth-order valence-corrected chi connectivity index (χ4v) is 5.79. The maximum Gasteiger partial charge on any atom is 0.472 e. The highest BCUT2D eigenvalue weighted by molar-refractivity contribution is 7.47. The smallest absolute Gasteiger partial charge is 0.387 e. The molecule has 0 aromatic rings. The van der Waals surface area contributed by atoms with Gasteiger partial charge in [0.2, 0.25) is 5.91 Å². The lowest BCUT2D eigenvalue weighted by atomic mass is 10.0. The second-order valence-corrected chi connectivity index (χ2v) is 14.6. The van der Waals surface area contributed by atoms with Crippen LogP contribution in [0, 0.1) is 11.8 Å². The summed E-state index contributed by atoms with van der Waals surface area (Å²) < 4.78 is 21.9. The minimum atomic E-state index is -4.40. The molecule has 0 aromatic carbocycles. The molecule has 1 amide bonds. The Hall–Kier alpha value is -0.800. The lowest BCUT2D eigenvalue weighted by molar-refractivity contribution is -0.131. The molecule has 0 radical (unpaired) electrons. The standard InChI is InChI=1S/C34H69N2O7P/c1-29(2)22-18-14-10-6-5-7-12-16-20-24-32(37)31(28-43-44(40,41)42-27-26-35)36-34(39)33(38)25-21-17-13-9-8-11-15-19-23-30(3)4/h20,24,29-33,37-38H,5-19,21-23,25-28,35H2,1-4H3,(H,36,39)(H,40,41)/b24-20+/t31-,32-,33-/m1/s1. The molecule has 44 heavy (non-hydrogen) atoms. The van der Waals surface area contributed by atoms with E-state index in [0.29, 0.717) is 6.42 Å². The number of nitrogens with one attached hydrogen (secondary N) is 1. The van der Waals surface area contributed by atoms with Crippen LogP contribution in [0.25, 0.3) is 0 Å². The molecular weight excluding hydrogens is 579 g/mol. The average molecular weight is 649 g/mol. The van der Waals surface area contributed by atoms with E-state index in [1.165, 1.54) is 70.6 Å². The SMILES string of the molecule is CC(C)CCCCCCCCC/C=C/[C@@H](O)[C@@H](COP(=O)(O)OCCN)NC(=O)[C@H](O)CCCCCCCCCCC(C)C. The molecule has 10 heteroatoms. The predicted octanol–water partition coefficient (Wildman–Crippen LogP) is 7.57. The first kappa shape index (κ1) is 43.2. The number of unbranched alkanes of at least 4 members (excludes halogenated alkanes) is 14. The number of hydrogen-bond donors (Lipinski definition) is 5. The maximum atomic E-state index is 12.7. The third-order valence-electron chi connectivity index (χ3n) is 7.83. The summed E-state index contributed by atoms with van der Waals surface area (Å²) in [6.45, 7) is 8.46. The van der Waals surface area contributed by atoms with E-state index in [1.54, 1.807) is 6.08 Å². The van der Waals surface area contributed by atoms with Crippen molar-refractivity contribution < 1.29 is 33.5 Å². The first-order valence-corrected chi connectivity index (χ1v) is 19.1. The summed E-state index contributed by atoms with van der Waals surface area (Å²) in [6, 6.07) is -1.03. The van der Waals surface area contributed by atoms with Gasteiger partial charge in [-0.2, -0.15) is 0 Å². The van der Waals surface area contributed by atoms with Crippen molar-refractivity contribution >= 4 is 13.7 Å². The summed E-state index contributed by atoms with van der Waals surface area (Å²) >= 11 is 0. The van der Waals surface area contributed by atoms with E-state index in [2.05, 4.69) is 33.0 Å². The van der Waals surface area contributed by atoms with E-state index in [9.17, 15) is 24.5 Å². The van der Waals surface area contributed by atoms with Crippen molar-refractivity contribution in [1.82, 2.24) is 5.32 Å². The van der Waals surface area contributed by atoms with Crippen LogP contribution >= 0.6 is 7.82 Å². The molecule has 9 nitrogen and oxygen atoms in total. The Labute approximate surface area is 269 Å². The number of rotatable bonds is 31. The molecule has 0 aromatic heterocycles. The number of aliphatic hydroxyl groups is 2. The van der Waals surface area contributed by atoms with Crippen LogP contribution in [0.2, 0.25) is 0 Å². The third-order valence-corrected chi connectivity index (χ3v) is 8.81. The van der Waals surface area contributed by atoms with E-state index in [4.69, 9.17) is 14.8 Å². The van der Waals surface area contributed by atoms with Crippen LogP contribution in [0.1, 0.15) is 150 Å². The van der Waals surface area contributed by atoms with Crippen molar-refractivity contribution in [3.63, 3.8) is 0 Å². The number of phosphoric ester groups is 1. The summed E-state index contributed by atoms with van der Waals surface area (Å²) in [4.78, 5) is 22.6. The summed E-state index contributed by atoms with van der Waals surface area (Å²) in [6.07, 6.45) is 22.1. The van der Waals surface area contributed by atoms with Crippen molar-refractivity contribution in [3.05, 3.63) is 12.2 Å². The molecule has 4 atom stereocenters. The van der Waals surface area contributed by atoms with Crippen molar-refractivity contribution in [2.75, 3.05) is 19.8 Å². The van der Waals surface area contributed by atoms with Gasteiger partial charge in [0, 0.05) is 6.54 Å². The summed E-state index contributed by atoms with van der Waals surface area (Å²) in [5.41, 5.74) is 5.33. The highest BCUT2D eigenvalue weighted by Crippen LogP contribution is 2.43. The number of allylic oxidation sites excluding steroid dienone is 1. The fourth-order valence-electron chi connectivity index (χ4n) is 5.03. The van der Waals surface area contributed by atoms with E-state index >= 15 is 0 Å². The molecule has 0 saturated heterocycles. The van der Waals surface area contributed by atoms with Crippen molar-refractivity contribution in [2.24, 2.45) is 17.6 Å². The lowest BCUT2D eigenvalue weighted by Gasteiger charge is -2.24. The molecule has 1 unspecified atom stereocenters. The quantitative estimate of drug-likeness (QED) is 0.0293. The average Bonchev–Trinajstić information content (AvgIpc) is 2.97. The number of hydrogen-bond acceptors (Lipinski definition) is 7. The van der Waals surface area contributed by atoms with Gasteiger partial charge in [0.25, 0.3) is 0 Å². The first-order valence-electron chi connectivity index (χ1n) is 17.6. The molecule has 0 rings (SSSR count). The second-order valence-electron chi connectivity index (χ2n) is 13.2. The third kappa shape index (κ3) is 27.5. The minimum absolute atomic E-state index is 0.0437. The Bertz CT molecular complexity index is 751. The highest BCUT2D eigenvalue weighted by Gasteiger charge is 2.28. The van der Waals surface area contributed by atoms with Gasteiger partial charge < -0.3 is 26.2 Å². The van der Waals surface area contributed by atoms with Crippen LogP contribution in [-0.4, -0.2) is 59.0 Å². The Morgan fingerprint density at radius 1 is 0.750 bits per heavy atom. The Balaban J connectivity index is 4.54. The van der Waals surface area contributed by atoms with Crippen LogP contribution < -0.4 is 11.1 Å². The van der Waals surface area contributed by atoms with Gasteiger partial charge in [-0.15, -0.1) is 0 Å². The number of aliphatic hydroxyl groups excluding tert-OH is 2. The van der Waals surface area contributed by atoms with Crippen molar-refractivity contribution in [2.45, 2.75) is 168 Å². The molecule has 0 aliphatic rings. The number of carbonyl (C=O) groups excluding carboxylic acids is 1. The summed E-state index contributed by atoms with van der Waals surface area (Å²) in [5.74, 6) is 0.907. The van der Waals surface area contributed by atoms with Crippen molar-refractivity contribution in [3.8, 4) is 0 Å². The predicted molar refractivity (Wildman–Crippen MR) is 181 cm³/mol. The van der Waals surface area contributed by atoms with Crippen LogP contribution in [0.3, 0.4) is 0 Å². The molecule has 0 heterocycles. The molecule has 262 valence electrons. The van der Waals surface area contributed by atoms with E-state index in [0.717, 1.165) is 56.8 Å². The van der Waals surface area contributed by atoms with Crippen LogP contribution in [0.15, 0.2) is 12.2 Å². The molecule has 0 spiro atoms. The normalized spacial score (nSPS) is 15.6. The van der Waals surface area contributed by atoms with E-state index in [-0.39, 0.29) is 13.2 Å². The molecule has 6 N–H and O–H groups in total. The van der Waals surface area contributed by atoms with E-state index < -0.39 is 38.6 Å². The lowest BCUT2D eigenvalue weighted by Crippen LogP contribution is -2.49. The van der Waals surface area contributed by atoms with Crippen LogP contribution in [-0.2, 0) is 18.4 Å². The maximum absolute atomic E-state index is 12.7. The van der Waals surface area contributed by atoms with Crippen LogP contribution in [0.5, 0.6) is 0 Å². The monoisotopic (exact) mass is 648 g/mol. The zero-order valence-corrected chi connectivity index (χ0v) is 29.5. The van der Waals surface area contributed by atoms with Gasteiger partial charge in [0.15, 0.2) is 0 Å². The van der Waals surface area contributed by atoms with Gasteiger partial charge in [-0.1, -0.05) is 143 Å². The molecule has 0 fully saturated rings. The second kappa shape index (κ2) is 28.4. The van der Waals surface area contributed by atoms with Crippen molar-refractivity contribution in [1.29, 1.82) is 0 Å². The van der Waals surface area contributed by atoms with E-state index in [1.807, 2.05) is 6.08 Å².